The van der Waals surface area contributed by atoms with Crippen molar-refractivity contribution in [2.45, 2.75) is 0 Å². The third kappa shape index (κ3) is 2.37. The highest BCUT2D eigenvalue weighted by atomic mass is 16.2. The first kappa shape index (κ1) is 12.0. The van der Waals surface area contributed by atoms with Crippen LogP contribution >= 0.6 is 0 Å². The second kappa shape index (κ2) is 4.88. The SMILES string of the molecule is Nc1cc(NC(=O)Nc2ccccc2)c2nccn2n1. The molecule has 3 rings (SSSR count). The van der Waals surface area contributed by atoms with Crippen LogP contribution in [0, 0.1) is 0 Å². The zero-order valence-electron chi connectivity index (χ0n) is 10.4. The average molecular weight is 268 g/mol. The van der Waals surface area contributed by atoms with E-state index in [0.29, 0.717) is 22.8 Å². The third-order valence-corrected chi connectivity index (χ3v) is 2.66. The van der Waals surface area contributed by atoms with Crippen LogP contribution in [0.15, 0.2) is 48.8 Å². The summed E-state index contributed by atoms with van der Waals surface area (Å²) in [5.41, 5.74) is 7.41. The van der Waals surface area contributed by atoms with Crippen molar-refractivity contribution in [1.82, 2.24) is 14.6 Å². The number of carbonyl (C=O) groups is 1. The van der Waals surface area contributed by atoms with E-state index in [9.17, 15) is 4.79 Å². The van der Waals surface area contributed by atoms with E-state index in [2.05, 4.69) is 20.7 Å². The number of nitrogens with two attached hydrogens (primary N) is 1. The first-order valence-corrected chi connectivity index (χ1v) is 5.95. The van der Waals surface area contributed by atoms with Crippen LogP contribution in [0.5, 0.6) is 0 Å². The number of nitrogen functional groups attached to an aromatic ring is 1. The van der Waals surface area contributed by atoms with E-state index in [1.165, 1.54) is 4.52 Å². The Hall–Kier alpha value is -3.09. The summed E-state index contributed by atoms with van der Waals surface area (Å²) >= 11 is 0. The van der Waals surface area contributed by atoms with Crippen molar-refractivity contribution in [1.29, 1.82) is 0 Å². The second-order valence-corrected chi connectivity index (χ2v) is 4.12. The predicted molar refractivity (Wildman–Crippen MR) is 76.5 cm³/mol. The van der Waals surface area contributed by atoms with Gasteiger partial charge < -0.3 is 16.4 Å². The monoisotopic (exact) mass is 268 g/mol. The highest BCUT2D eigenvalue weighted by Crippen LogP contribution is 2.17. The van der Waals surface area contributed by atoms with Gasteiger partial charge in [-0.3, -0.25) is 0 Å². The van der Waals surface area contributed by atoms with Crippen LogP contribution in [-0.2, 0) is 0 Å². The second-order valence-electron chi connectivity index (χ2n) is 4.12. The maximum atomic E-state index is 11.9. The number of fused-ring (bicyclic) bond motifs is 1. The third-order valence-electron chi connectivity index (χ3n) is 2.66. The molecule has 4 N–H and O–H groups in total. The lowest BCUT2D eigenvalue weighted by Gasteiger charge is -2.08. The molecule has 0 saturated heterocycles. The Labute approximate surface area is 114 Å². The number of nitrogens with zero attached hydrogens (tertiary/aromatic N) is 3. The van der Waals surface area contributed by atoms with Crippen molar-refractivity contribution in [3.05, 3.63) is 48.8 Å². The minimum Gasteiger partial charge on any atom is -0.382 e. The van der Waals surface area contributed by atoms with Crippen molar-refractivity contribution >= 4 is 28.9 Å². The summed E-state index contributed by atoms with van der Waals surface area (Å²) in [6.07, 6.45) is 3.24. The van der Waals surface area contributed by atoms with Gasteiger partial charge in [0.1, 0.15) is 5.82 Å². The predicted octanol–water partition coefficient (Wildman–Crippen LogP) is 1.96. The summed E-state index contributed by atoms with van der Waals surface area (Å²) in [5, 5.41) is 9.47. The Balaban J connectivity index is 1.82. The molecular weight excluding hydrogens is 256 g/mol. The standard InChI is InChI=1S/C13H12N6O/c14-11-8-10(12-15-6-7-19(12)18-11)17-13(20)16-9-4-2-1-3-5-9/h1-8H,(H2,14,18)(H2,16,17,20). The number of anilines is 3. The number of carbonyl (C=O) groups excluding carboxylic acids is 1. The maximum Gasteiger partial charge on any atom is 0.323 e. The molecule has 0 atom stereocenters. The average Bonchev–Trinajstić information content (AvgIpc) is 2.88. The molecule has 0 aliphatic rings. The number of imidazole rings is 1. The van der Waals surface area contributed by atoms with Gasteiger partial charge in [-0.15, -0.1) is 5.10 Å². The van der Waals surface area contributed by atoms with Gasteiger partial charge in [-0.05, 0) is 12.1 Å². The zero-order chi connectivity index (χ0) is 13.9. The number of urea groups is 1. The topological polar surface area (TPSA) is 97.3 Å². The van der Waals surface area contributed by atoms with E-state index in [-0.39, 0.29) is 6.03 Å². The summed E-state index contributed by atoms with van der Waals surface area (Å²) in [6.45, 7) is 0. The van der Waals surface area contributed by atoms with Gasteiger partial charge in [0.05, 0.1) is 5.69 Å². The van der Waals surface area contributed by atoms with Crippen LogP contribution in [0.2, 0.25) is 0 Å². The van der Waals surface area contributed by atoms with Gasteiger partial charge in [0, 0.05) is 24.1 Å². The summed E-state index contributed by atoms with van der Waals surface area (Å²) in [4.78, 5) is 16.1. The molecule has 0 radical (unpaired) electrons. The summed E-state index contributed by atoms with van der Waals surface area (Å²) < 4.78 is 1.51. The number of nitrogens with one attached hydrogen (secondary N) is 2. The number of hydrogen-bond acceptors (Lipinski definition) is 4. The van der Waals surface area contributed by atoms with E-state index in [1.807, 2.05) is 18.2 Å². The number of rotatable bonds is 2. The molecule has 7 heteroatoms. The lowest BCUT2D eigenvalue weighted by atomic mass is 10.3. The van der Waals surface area contributed by atoms with Crippen molar-refractivity contribution in [3.8, 4) is 0 Å². The van der Waals surface area contributed by atoms with Crippen molar-refractivity contribution in [3.63, 3.8) is 0 Å². The molecule has 0 aliphatic carbocycles. The Morgan fingerprint density at radius 1 is 1.20 bits per heavy atom. The molecule has 0 bridgehead atoms. The van der Waals surface area contributed by atoms with Crippen LogP contribution in [0.1, 0.15) is 0 Å². The van der Waals surface area contributed by atoms with E-state index >= 15 is 0 Å². The number of para-hydroxylation sites is 1. The molecule has 1 aromatic carbocycles. The highest BCUT2D eigenvalue weighted by molar-refractivity contribution is 6.02. The Morgan fingerprint density at radius 2 is 2.00 bits per heavy atom. The van der Waals surface area contributed by atoms with Crippen LogP contribution in [0.3, 0.4) is 0 Å². The minimum atomic E-state index is -0.369. The van der Waals surface area contributed by atoms with Gasteiger partial charge >= 0.3 is 6.03 Å². The van der Waals surface area contributed by atoms with Crippen LogP contribution in [-0.4, -0.2) is 20.6 Å². The fourth-order valence-corrected chi connectivity index (χ4v) is 1.83. The number of aromatic nitrogens is 3. The van der Waals surface area contributed by atoms with Gasteiger partial charge in [-0.25, -0.2) is 14.3 Å². The molecule has 3 aromatic rings. The maximum absolute atomic E-state index is 11.9. The zero-order valence-corrected chi connectivity index (χ0v) is 10.4. The summed E-state index contributed by atoms with van der Waals surface area (Å²) in [6, 6.07) is 10.3. The van der Waals surface area contributed by atoms with Gasteiger partial charge in [0.15, 0.2) is 5.65 Å². The number of benzene rings is 1. The van der Waals surface area contributed by atoms with E-state index < -0.39 is 0 Å². The van der Waals surface area contributed by atoms with Gasteiger partial charge in [0.25, 0.3) is 0 Å². The van der Waals surface area contributed by atoms with Crippen LogP contribution in [0.25, 0.3) is 5.65 Å². The molecule has 20 heavy (non-hydrogen) atoms. The molecule has 2 amide bonds. The lowest BCUT2D eigenvalue weighted by Crippen LogP contribution is -2.20. The Bertz CT molecular complexity index is 752. The van der Waals surface area contributed by atoms with Crippen LogP contribution in [0.4, 0.5) is 22.0 Å². The summed E-state index contributed by atoms with van der Waals surface area (Å²) in [5.74, 6) is 0.297. The number of amides is 2. The van der Waals surface area contributed by atoms with E-state index in [4.69, 9.17) is 5.73 Å². The van der Waals surface area contributed by atoms with Gasteiger partial charge in [-0.1, -0.05) is 18.2 Å². The van der Waals surface area contributed by atoms with Crippen molar-refractivity contribution in [2.75, 3.05) is 16.4 Å². The molecule has 0 unspecified atom stereocenters. The molecule has 100 valence electrons. The fraction of sp³-hybridized carbons (Fsp3) is 0. The highest BCUT2D eigenvalue weighted by Gasteiger charge is 2.09. The van der Waals surface area contributed by atoms with Crippen molar-refractivity contribution in [2.24, 2.45) is 0 Å². The molecule has 0 spiro atoms. The molecule has 0 aliphatic heterocycles. The Kier molecular flexibility index (Phi) is 2.92. The quantitative estimate of drug-likeness (QED) is 0.661. The first-order chi connectivity index (χ1) is 9.72. The van der Waals surface area contributed by atoms with Crippen molar-refractivity contribution < 1.29 is 4.79 Å². The summed E-state index contributed by atoms with van der Waals surface area (Å²) in [7, 11) is 0. The number of hydrogen-bond donors (Lipinski definition) is 3. The molecule has 0 fully saturated rings. The van der Waals surface area contributed by atoms with Gasteiger partial charge in [-0.2, -0.15) is 0 Å². The van der Waals surface area contributed by atoms with E-state index in [1.54, 1.807) is 30.6 Å². The molecule has 2 aromatic heterocycles. The first-order valence-electron chi connectivity index (χ1n) is 5.95. The molecule has 0 saturated carbocycles. The normalized spacial score (nSPS) is 10.4. The lowest BCUT2D eigenvalue weighted by molar-refractivity contribution is 0.262. The molecular formula is C13H12N6O. The smallest absolute Gasteiger partial charge is 0.323 e. The Morgan fingerprint density at radius 3 is 2.80 bits per heavy atom. The largest absolute Gasteiger partial charge is 0.382 e. The van der Waals surface area contributed by atoms with Crippen LogP contribution < -0.4 is 16.4 Å². The molecule has 2 heterocycles. The van der Waals surface area contributed by atoms with E-state index in [0.717, 1.165) is 0 Å². The molecule has 7 nitrogen and oxygen atoms in total. The minimum absolute atomic E-state index is 0.297. The van der Waals surface area contributed by atoms with Gasteiger partial charge in [0.2, 0.25) is 0 Å². The fourth-order valence-electron chi connectivity index (χ4n) is 1.83.